The van der Waals surface area contributed by atoms with Crippen LogP contribution in [0, 0.1) is 11.3 Å². The van der Waals surface area contributed by atoms with Crippen molar-refractivity contribution >= 4 is 24.2 Å². The lowest BCUT2D eigenvalue weighted by atomic mass is 10.3. The molecule has 0 amide bonds. The van der Waals surface area contributed by atoms with Gasteiger partial charge in [0.1, 0.15) is 5.75 Å². The first-order valence-corrected chi connectivity index (χ1v) is 4.56. The second-order valence-electron chi connectivity index (χ2n) is 2.26. The standard InChI is InChI=1S/C9H8N2OS/c1-11-8-3-2-7(12)6-9(8)13-5-4-10/h2-3,6,12H,1,5H2. The zero-order valence-electron chi connectivity index (χ0n) is 6.90. The molecule has 0 radical (unpaired) electrons. The highest BCUT2D eigenvalue weighted by Crippen LogP contribution is 2.31. The Morgan fingerprint density at radius 3 is 3.00 bits per heavy atom. The molecule has 0 aliphatic rings. The summed E-state index contributed by atoms with van der Waals surface area (Å²) in [7, 11) is 0. The number of aliphatic imine (C=N–C) groups is 1. The molecule has 0 heterocycles. The highest BCUT2D eigenvalue weighted by atomic mass is 32.2. The van der Waals surface area contributed by atoms with Gasteiger partial charge in [0.05, 0.1) is 17.5 Å². The number of rotatable bonds is 3. The van der Waals surface area contributed by atoms with Crippen molar-refractivity contribution in [2.24, 2.45) is 4.99 Å². The first kappa shape index (κ1) is 9.62. The van der Waals surface area contributed by atoms with E-state index in [-0.39, 0.29) is 5.75 Å². The van der Waals surface area contributed by atoms with Crippen molar-refractivity contribution < 1.29 is 5.11 Å². The Morgan fingerprint density at radius 1 is 1.62 bits per heavy atom. The van der Waals surface area contributed by atoms with E-state index in [2.05, 4.69) is 11.7 Å². The molecule has 0 saturated carbocycles. The molecule has 13 heavy (non-hydrogen) atoms. The zero-order valence-corrected chi connectivity index (χ0v) is 7.71. The van der Waals surface area contributed by atoms with Gasteiger partial charge in [-0.05, 0) is 24.9 Å². The molecule has 0 aliphatic heterocycles. The van der Waals surface area contributed by atoms with Gasteiger partial charge in [-0.2, -0.15) is 5.26 Å². The first-order valence-electron chi connectivity index (χ1n) is 3.57. The van der Waals surface area contributed by atoms with Gasteiger partial charge in [-0.25, -0.2) is 0 Å². The van der Waals surface area contributed by atoms with E-state index in [1.165, 1.54) is 11.8 Å². The molecule has 3 nitrogen and oxygen atoms in total. The summed E-state index contributed by atoms with van der Waals surface area (Å²) in [4.78, 5) is 4.55. The summed E-state index contributed by atoms with van der Waals surface area (Å²) >= 11 is 1.33. The van der Waals surface area contributed by atoms with Gasteiger partial charge in [0, 0.05) is 4.90 Å². The third-order valence-electron chi connectivity index (χ3n) is 1.41. The van der Waals surface area contributed by atoms with E-state index in [9.17, 15) is 5.11 Å². The fourth-order valence-electron chi connectivity index (χ4n) is 0.859. The van der Waals surface area contributed by atoms with Crippen LogP contribution in [-0.2, 0) is 0 Å². The lowest BCUT2D eigenvalue weighted by Gasteiger charge is -2.02. The molecule has 66 valence electrons. The van der Waals surface area contributed by atoms with Crippen LogP contribution >= 0.6 is 11.8 Å². The molecule has 0 saturated heterocycles. The molecule has 1 N–H and O–H groups in total. The number of benzene rings is 1. The van der Waals surface area contributed by atoms with Crippen LogP contribution < -0.4 is 0 Å². The van der Waals surface area contributed by atoms with Gasteiger partial charge >= 0.3 is 0 Å². The maximum atomic E-state index is 9.17. The van der Waals surface area contributed by atoms with Crippen LogP contribution in [-0.4, -0.2) is 17.6 Å². The Kier molecular flexibility index (Phi) is 3.35. The maximum absolute atomic E-state index is 9.17. The summed E-state index contributed by atoms with van der Waals surface area (Å²) in [5, 5.41) is 17.6. The van der Waals surface area contributed by atoms with E-state index in [0.717, 1.165) is 4.90 Å². The van der Waals surface area contributed by atoms with Gasteiger partial charge in [-0.1, -0.05) is 0 Å². The highest BCUT2D eigenvalue weighted by Gasteiger charge is 2.01. The van der Waals surface area contributed by atoms with Crippen LogP contribution in [0.4, 0.5) is 5.69 Å². The predicted molar refractivity (Wildman–Crippen MR) is 53.7 cm³/mol. The van der Waals surface area contributed by atoms with Crippen LogP contribution in [0.2, 0.25) is 0 Å². The Bertz CT molecular complexity index is 357. The quantitative estimate of drug-likeness (QED) is 0.590. The Morgan fingerprint density at radius 2 is 2.38 bits per heavy atom. The third-order valence-corrected chi connectivity index (χ3v) is 2.32. The van der Waals surface area contributed by atoms with Gasteiger partial charge in [0.25, 0.3) is 0 Å². The fraction of sp³-hybridized carbons (Fsp3) is 0.111. The van der Waals surface area contributed by atoms with Gasteiger partial charge < -0.3 is 5.11 Å². The topological polar surface area (TPSA) is 56.4 Å². The lowest BCUT2D eigenvalue weighted by molar-refractivity contribution is 0.474. The van der Waals surface area contributed by atoms with Crippen molar-refractivity contribution in [3.05, 3.63) is 18.2 Å². The van der Waals surface area contributed by atoms with Crippen molar-refractivity contribution in [2.75, 3.05) is 5.75 Å². The van der Waals surface area contributed by atoms with Crippen LogP contribution in [0.15, 0.2) is 28.1 Å². The molecule has 4 heteroatoms. The number of nitrogens with zero attached hydrogens (tertiary/aromatic N) is 2. The molecule has 1 aromatic carbocycles. The number of aromatic hydroxyl groups is 1. The van der Waals surface area contributed by atoms with E-state index >= 15 is 0 Å². The van der Waals surface area contributed by atoms with E-state index in [0.29, 0.717) is 11.4 Å². The van der Waals surface area contributed by atoms with E-state index < -0.39 is 0 Å². The predicted octanol–water partition coefficient (Wildman–Crippen LogP) is 2.34. The average Bonchev–Trinajstić information content (AvgIpc) is 2.15. The van der Waals surface area contributed by atoms with Crippen molar-refractivity contribution in [1.82, 2.24) is 0 Å². The molecule has 0 fully saturated rings. The molecule has 0 unspecified atom stereocenters. The minimum Gasteiger partial charge on any atom is -0.508 e. The van der Waals surface area contributed by atoms with Crippen molar-refractivity contribution in [3.8, 4) is 11.8 Å². The first-order chi connectivity index (χ1) is 6.27. The van der Waals surface area contributed by atoms with Crippen molar-refractivity contribution in [3.63, 3.8) is 0 Å². The van der Waals surface area contributed by atoms with Crippen LogP contribution in [0.1, 0.15) is 0 Å². The minimum absolute atomic E-state index is 0.174. The molecule has 0 aromatic heterocycles. The number of hydrogen-bond acceptors (Lipinski definition) is 4. The van der Waals surface area contributed by atoms with Crippen molar-refractivity contribution in [2.45, 2.75) is 4.90 Å². The number of phenols is 1. The average molecular weight is 192 g/mol. The van der Waals surface area contributed by atoms with Crippen LogP contribution in [0.5, 0.6) is 5.75 Å². The van der Waals surface area contributed by atoms with Gasteiger partial charge in [-0.15, -0.1) is 11.8 Å². The highest BCUT2D eigenvalue weighted by molar-refractivity contribution is 7.99. The summed E-state index contributed by atoms with van der Waals surface area (Å²) in [6.45, 7) is 3.40. The second-order valence-corrected chi connectivity index (χ2v) is 3.27. The van der Waals surface area contributed by atoms with Gasteiger partial charge in [-0.3, -0.25) is 4.99 Å². The van der Waals surface area contributed by atoms with E-state index in [1.807, 2.05) is 6.07 Å². The van der Waals surface area contributed by atoms with Crippen LogP contribution in [0.25, 0.3) is 0 Å². The number of hydrogen-bond donors (Lipinski definition) is 1. The van der Waals surface area contributed by atoms with Crippen LogP contribution in [0.3, 0.4) is 0 Å². The lowest BCUT2D eigenvalue weighted by Crippen LogP contribution is -1.76. The molecular weight excluding hydrogens is 184 g/mol. The van der Waals surface area contributed by atoms with E-state index in [4.69, 9.17) is 5.26 Å². The number of nitriles is 1. The van der Waals surface area contributed by atoms with Crippen molar-refractivity contribution in [1.29, 1.82) is 5.26 Å². The summed E-state index contributed by atoms with van der Waals surface area (Å²) in [5.74, 6) is 0.513. The van der Waals surface area contributed by atoms with Gasteiger partial charge in [0.15, 0.2) is 0 Å². The van der Waals surface area contributed by atoms with Gasteiger partial charge in [0.2, 0.25) is 0 Å². The minimum atomic E-state index is 0.174. The van der Waals surface area contributed by atoms with E-state index in [1.54, 1.807) is 18.2 Å². The normalized spacial score (nSPS) is 9.15. The number of thioether (sulfide) groups is 1. The SMILES string of the molecule is C=Nc1ccc(O)cc1SCC#N. The Hall–Kier alpha value is -1.47. The molecule has 0 bridgehead atoms. The molecular formula is C9H8N2OS. The molecule has 1 rings (SSSR count). The third kappa shape index (κ3) is 2.49. The largest absolute Gasteiger partial charge is 0.508 e. The molecule has 1 aromatic rings. The summed E-state index contributed by atoms with van der Waals surface area (Å²) in [5.41, 5.74) is 0.693. The Labute approximate surface area is 80.7 Å². The molecule has 0 aliphatic carbocycles. The fourth-order valence-corrected chi connectivity index (χ4v) is 1.56. The summed E-state index contributed by atoms with van der Waals surface area (Å²) < 4.78 is 0. The zero-order chi connectivity index (χ0) is 9.68. The monoisotopic (exact) mass is 192 g/mol. The maximum Gasteiger partial charge on any atom is 0.116 e. The second kappa shape index (κ2) is 4.53. The summed E-state index contributed by atoms with van der Waals surface area (Å²) in [6.07, 6.45) is 0. The molecule has 0 spiro atoms. The number of phenolic OH excluding ortho intramolecular Hbond substituents is 1. The Balaban J connectivity index is 2.95. The smallest absolute Gasteiger partial charge is 0.116 e. The summed E-state index contributed by atoms with van der Waals surface area (Å²) in [6, 6.07) is 6.79. The molecule has 0 atom stereocenters.